The first kappa shape index (κ1) is 19.2. The van der Waals surface area contributed by atoms with Crippen LogP contribution in [0.1, 0.15) is 43.9 Å². The van der Waals surface area contributed by atoms with Gasteiger partial charge in [0.15, 0.2) is 0 Å². The summed E-state index contributed by atoms with van der Waals surface area (Å²) in [5.41, 5.74) is 2.40. The van der Waals surface area contributed by atoms with Crippen molar-refractivity contribution in [3.63, 3.8) is 0 Å². The summed E-state index contributed by atoms with van der Waals surface area (Å²) >= 11 is 0. The van der Waals surface area contributed by atoms with Gasteiger partial charge in [-0.05, 0) is 37.3 Å². The second-order valence-electron chi connectivity index (χ2n) is 6.66. The molecule has 0 aliphatic carbocycles. The highest BCUT2D eigenvalue weighted by molar-refractivity contribution is 5.77. The highest BCUT2D eigenvalue weighted by Gasteiger charge is 2.22. The molecular weight excluding hydrogens is 316 g/mol. The molecule has 1 aliphatic rings. The number of likely N-dealkylation sites (tertiary alicyclic amines) is 1. The Morgan fingerprint density at radius 3 is 2.40 bits per heavy atom. The molecule has 1 aromatic rings. The molecule has 1 unspecified atom stereocenters. The second-order valence-corrected chi connectivity index (χ2v) is 6.66. The van der Waals surface area contributed by atoms with E-state index in [0.717, 1.165) is 37.9 Å². The van der Waals surface area contributed by atoms with Crippen LogP contribution >= 0.6 is 0 Å². The molecule has 3 amide bonds. The summed E-state index contributed by atoms with van der Waals surface area (Å²) in [6.45, 7) is 6.20. The molecule has 138 valence electrons. The van der Waals surface area contributed by atoms with Crippen molar-refractivity contribution in [2.24, 2.45) is 0 Å². The number of carbonyl (C=O) groups excluding carboxylic acids is 2. The number of benzene rings is 1. The van der Waals surface area contributed by atoms with Gasteiger partial charge >= 0.3 is 6.03 Å². The van der Waals surface area contributed by atoms with Crippen molar-refractivity contribution >= 4 is 11.9 Å². The average Bonchev–Trinajstić information content (AvgIpc) is 2.63. The lowest BCUT2D eigenvalue weighted by Crippen LogP contribution is -2.49. The molecule has 1 atom stereocenters. The quantitative estimate of drug-likeness (QED) is 0.736. The first-order valence-electron chi connectivity index (χ1n) is 9.10. The van der Waals surface area contributed by atoms with E-state index in [2.05, 4.69) is 52.0 Å². The van der Waals surface area contributed by atoms with E-state index in [0.29, 0.717) is 6.54 Å². The van der Waals surface area contributed by atoms with Crippen molar-refractivity contribution in [3.05, 3.63) is 35.4 Å². The third kappa shape index (κ3) is 6.05. The first-order chi connectivity index (χ1) is 12.0. The molecule has 6 nitrogen and oxygen atoms in total. The molecule has 2 rings (SSSR count). The van der Waals surface area contributed by atoms with Gasteiger partial charge in [-0.25, -0.2) is 4.79 Å². The van der Waals surface area contributed by atoms with Crippen LogP contribution in [0.2, 0.25) is 0 Å². The molecule has 0 bridgehead atoms. The lowest BCUT2D eigenvalue weighted by Gasteiger charge is -2.32. The van der Waals surface area contributed by atoms with E-state index >= 15 is 0 Å². The van der Waals surface area contributed by atoms with Gasteiger partial charge in [-0.1, -0.05) is 31.2 Å². The minimum atomic E-state index is -0.128. The minimum absolute atomic E-state index is 0.0285. The van der Waals surface area contributed by atoms with E-state index in [1.165, 1.54) is 5.56 Å². The van der Waals surface area contributed by atoms with E-state index in [1.54, 1.807) is 7.05 Å². The van der Waals surface area contributed by atoms with Crippen LogP contribution < -0.4 is 16.0 Å². The Kier molecular flexibility index (Phi) is 7.25. The molecule has 0 aromatic heterocycles. The van der Waals surface area contributed by atoms with Crippen LogP contribution in [0, 0.1) is 0 Å². The molecule has 3 N–H and O–H groups in total. The van der Waals surface area contributed by atoms with Crippen molar-refractivity contribution < 1.29 is 9.59 Å². The van der Waals surface area contributed by atoms with Crippen molar-refractivity contribution in [3.8, 4) is 0 Å². The molecule has 1 aromatic carbocycles. The summed E-state index contributed by atoms with van der Waals surface area (Å²) in [6.07, 6.45) is 2.75. The number of nitrogens with zero attached hydrogens (tertiary/aromatic N) is 1. The van der Waals surface area contributed by atoms with Gasteiger partial charge in [-0.2, -0.15) is 0 Å². The largest absolute Gasteiger partial charge is 0.358 e. The van der Waals surface area contributed by atoms with Crippen LogP contribution in [0.5, 0.6) is 0 Å². The van der Waals surface area contributed by atoms with Crippen LogP contribution in [-0.4, -0.2) is 49.6 Å². The number of carbonyl (C=O) groups is 2. The van der Waals surface area contributed by atoms with E-state index < -0.39 is 0 Å². The maximum absolute atomic E-state index is 12.2. The third-order valence-electron chi connectivity index (χ3n) is 4.80. The molecule has 1 heterocycles. The van der Waals surface area contributed by atoms with Gasteiger partial charge in [0.2, 0.25) is 5.91 Å². The van der Waals surface area contributed by atoms with Gasteiger partial charge in [0.1, 0.15) is 0 Å². The fourth-order valence-corrected chi connectivity index (χ4v) is 3.07. The van der Waals surface area contributed by atoms with Gasteiger partial charge in [0, 0.05) is 26.2 Å². The topological polar surface area (TPSA) is 73.5 Å². The average molecular weight is 346 g/mol. The standard InChI is InChI=1S/C19H30N4O2/c1-4-15-5-7-16(8-6-15)14(2)21-19(25)22-17-9-11-23(12-10-17)13-18(24)20-3/h5-8,14,17H,4,9-13H2,1-3H3,(H,20,24)(H2,21,22,25). The van der Waals surface area contributed by atoms with Crippen molar-refractivity contribution in [2.75, 3.05) is 26.7 Å². The summed E-state index contributed by atoms with van der Waals surface area (Å²) < 4.78 is 0. The van der Waals surface area contributed by atoms with Crippen molar-refractivity contribution in [2.45, 2.75) is 45.2 Å². The van der Waals surface area contributed by atoms with Gasteiger partial charge in [-0.3, -0.25) is 9.69 Å². The Morgan fingerprint density at radius 2 is 1.84 bits per heavy atom. The number of urea groups is 1. The van der Waals surface area contributed by atoms with Crippen LogP contribution in [0.15, 0.2) is 24.3 Å². The van der Waals surface area contributed by atoms with Gasteiger partial charge in [0.05, 0.1) is 12.6 Å². The molecular formula is C19H30N4O2. The summed E-state index contributed by atoms with van der Waals surface area (Å²) in [7, 11) is 1.65. The van der Waals surface area contributed by atoms with Crippen molar-refractivity contribution in [1.82, 2.24) is 20.9 Å². The Hall–Kier alpha value is -2.08. The number of likely N-dealkylation sites (N-methyl/N-ethyl adjacent to an activating group) is 1. The molecule has 0 spiro atoms. The summed E-state index contributed by atoms with van der Waals surface area (Å²) in [5.74, 6) is 0.0343. The predicted octanol–water partition coefficient (Wildman–Crippen LogP) is 1.82. The number of aryl methyl sites for hydroxylation is 1. The number of hydrogen-bond acceptors (Lipinski definition) is 3. The monoisotopic (exact) mass is 346 g/mol. The van der Waals surface area contributed by atoms with E-state index in [9.17, 15) is 9.59 Å². The highest BCUT2D eigenvalue weighted by Crippen LogP contribution is 2.14. The van der Waals surface area contributed by atoms with Crippen molar-refractivity contribution in [1.29, 1.82) is 0 Å². The predicted molar refractivity (Wildman–Crippen MR) is 99.4 cm³/mol. The Bertz CT molecular complexity index is 565. The lowest BCUT2D eigenvalue weighted by atomic mass is 10.0. The Labute approximate surface area is 150 Å². The number of hydrogen-bond donors (Lipinski definition) is 3. The Balaban J connectivity index is 1.74. The summed E-state index contributed by atoms with van der Waals surface area (Å²) in [4.78, 5) is 25.7. The number of piperidine rings is 1. The smallest absolute Gasteiger partial charge is 0.315 e. The lowest BCUT2D eigenvalue weighted by molar-refractivity contribution is -0.122. The zero-order chi connectivity index (χ0) is 18.2. The zero-order valence-electron chi connectivity index (χ0n) is 15.5. The van der Waals surface area contributed by atoms with Crippen LogP contribution in [-0.2, 0) is 11.2 Å². The molecule has 6 heteroatoms. The summed E-state index contributed by atoms with van der Waals surface area (Å²) in [6, 6.07) is 8.36. The Morgan fingerprint density at radius 1 is 1.20 bits per heavy atom. The molecule has 1 aliphatic heterocycles. The van der Waals surface area contributed by atoms with Crippen LogP contribution in [0.3, 0.4) is 0 Å². The van der Waals surface area contributed by atoms with Crippen LogP contribution in [0.4, 0.5) is 4.79 Å². The number of nitrogens with one attached hydrogen (secondary N) is 3. The number of rotatable bonds is 6. The van der Waals surface area contributed by atoms with Crippen LogP contribution in [0.25, 0.3) is 0 Å². The maximum atomic E-state index is 12.2. The number of amides is 3. The maximum Gasteiger partial charge on any atom is 0.315 e. The molecule has 0 radical (unpaired) electrons. The second kappa shape index (κ2) is 9.42. The molecule has 1 fully saturated rings. The third-order valence-corrected chi connectivity index (χ3v) is 4.80. The molecule has 1 saturated heterocycles. The summed E-state index contributed by atoms with van der Waals surface area (Å²) in [5, 5.41) is 8.70. The zero-order valence-corrected chi connectivity index (χ0v) is 15.5. The highest BCUT2D eigenvalue weighted by atomic mass is 16.2. The fraction of sp³-hybridized carbons (Fsp3) is 0.579. The van der Waals surface area contributed by atoms with E-state index in [4.69, 9.17) is 0 Å². The molecule has 25 heavy (non-hydrogen) atoms. The van der Waals surface area contributed by atoms with Gasteiger partial charge in [-0.15, -0.1) is 0 Å². The molecule has 0 saturated carbocycles. The minimum Gasteiger partial charge on any atom is -0.358 e. The van der Waals surface area contributed by atoms with Gasteiger partial charge < -0.3 is 16.0 Å². The SMILES string of the molecule is CCc1ccc(C(C)NC(=O)NC2CCN(CC(=O)NC)CC2)cc1. The van der Waals surface area contributed by atoms with E-state index in [1.807, 2.05) is 6.92 Å². The van der Waals surface area contributed by atoms with E-state index in [-0.39, 0.29) is 24.0 Å². The normalized spacial score (nSPS) is 16.9. The first-order valence-corrected chi connectivity index (χ1v) is 9.10. The van der Waals surface area contributed by atoms with Gasteiger partial charge in [0.25, 0.3) is 0 Å². The fourth-order valence-electron chi connectivity index (χ4n) is 3.07.